The standard InChI is InChI=1S/C18H20N2O2/c21-17-14-10-4-6-12-7-5-11-15(16(12)14)18(22)20(17)19-13-8-2-1-3-9-13/h4-7,10-11,13,17,19,21H,1-3,8-9H2. The SMILES string of the molecule is O=C1c2cccc3cccc(c23)C(O)N1NC1CCCCC1. The highest BCUT2D eigenvalue weighted by molar-refractivity contribution is 6.10. The maximum atomic E-state index is 12.8. The van der Waals surface area contributed by atoms with E-state index in [4.69, 9.17) is 0 Å². The topological polar surface area (TPSA) is 52.6 Å². The van der Waals surface area contributed by atoms with Crippen molar-refractivity contribution < 1.29 is 9.90 Å². The fourth-order valence-electron chi connectivity index (χ4n) is 3.70. The van der Waals surface area contributed by atoms with Crippen molar-refractivity contribution in [3.63, 3.8) is 0 Å². The van der Waals surface area contributed by atoms with Crippen LogP contribution in [0.3, 0.4) is 0 Å². The molecule has 0 saturated heterocycles. The van der Waals surface area contributed by atoms with E-state index in [9.17, 15) is 9.90 Å². The maximum absolute atomic E-state index is 12.8. The average molecular weight is 296 g/mol. The predicted molar refractivity (Wildman–Crippen MR) is 85.1 cm³/mol. The lowest BCUT2D eigenvalue weighted by Gasteiger charge is -2.37. The van der Waals surface area contributed by atoms with E-state index in [1.54, 1.807) is 0 Å². The highest BCUT2D eigenvalue weighted by Gasteiger charge is 2.34. The normalized spacial score (nSPS) is 22.3. The van der Waals surface area contributed by atoms with Gasteiger partial charge in [0.2, 0.25) is 0 Å². The van der Waals surface area contributed by atoms with Gasteiger partial charge in [-0.1, -0.05) is 49.6 Å². The summed E-state index contributed by atoms with van der Waals surface area (Å²) in [6.07, 6.45) is 4.82. The van der Waals surface area contributed by atoms with E-state index >= 15 is 0 Å². The molecule has 0 spiro atoms. The molecule has 22 heavy (non-hydrogen) atoms. The van der Waals surface area contributed by atoms with Crippen LogP contribution >= 0.6 is 0 Å². The number of amides is 1. The highest BCUT2D eigenvalue weighted by atomic mass is 16.3. The molecule has 1 saturated carbocycles. The van der Waals surface area contributed by atoms with E-state index in [1.165, 1.54) is 24.3 Å². The van der Waals surface area contributed by atoms with Crippen LogP contribution in [0, 0.1) is 0 Å². The van der Waals surface area contributed by atoms with Gasteiger partial charge < -0.3 is 5.11 Å². The number of hydrazine groups is 1. The average Bonchev–Trinajstić information content (AvgIpc) is 2.57. The zero-order chi connectivity index (χ0) is 15.1. The van der Waals surface area contributed by atoms with Gasteiger partial charge in [0.05, 0.1) is 0 Å². The minimum atomic E-state index is -0.923. The Balaban J connectivity index is 1.73. The third-order valence-electron chi connectivity index (χ3n) is 4.84. The zero-order valence-electron chi connectivity index (χ0n) is 12.5. The molecule has 1 aliphatic carbocycles. The fourth-order valence-corrected chi connectivity index (χ4v) is 3.70. The summed E-state index contributed by atoms with van der Waals surface area (Å²) in [5.74, 6) is -0.137. The van der Waals surface area contributed by atoms with Gasteiger partial charge in [0, 0.05) is 22.6 Å². The molecule has 114 valence electrons. The summed E-state index contributed by atoms with van der Waals surface area (Å²) >= 11 is 0. The Morgan fingerprint density at radius 3 is 2.55 bits per heavy atom. The number of nitrogens with zero attached hydrogens (tertiary/aromatic N) is 1. The van der Waals surface area contributed by atoms with Crippen LogP contribution < -0.4 is 5.43 Å². The monoisotopic (exact) mass is 296 g/mol. The molecule has 1 amide bonds. The molecule has 0 bridgehead atoms. The van der Waals surface area contributed by atoms with Crippen LogP contribution in [-0.2, 0) is 0 Å². The molecule has 1 unspecified atom stereocenters. The Labute approximate surface area is 129 Å². The molecule has 2 aliphatic rings. The Hall–Kier alpha value is -1.91. The first-order chi connectivity index (χ1) is 10.8. The van der Waals surface area contributed by atoms with Gasteiger partial charge in [-0.3, -0.25) is 4.79 Å². The second kappa shape index (κ2) is 5.38. The lowest BCUT2D eigenvalue weighted by molar-refractivity contribution is -0.0311. The molecule has 1 fully saturated rings. The van der Waals surface area contributed by atoms with Gasteiger partial charge in [0.1, 0.15) is 0 Å². The van der Waals surface area contributed by atoms with Gasteiger partial charge >= 0.3 is 0 Å². The number of hydrogen-bond donors (Lipinski definition) is 2. The quantitative estimate of drug-likeness (QED) is 0.895. The van der Waals surface area contributed by atoms with E-state index in [-0.39, 0.29) is 11.9 Å². The van der Waals surface area contributed by atoms with Crippen molar-refractivity contribution in [2.75, 3.05) is 0 Å². The van der Waals surface area contributed by atoms with Crippen molar-refractivity contribution in [2.24, 2.45) is 0 Å². The van der Waals surface area contributed by atoms with Crippen LogP contribution in [0.4, 0.5) is 0 Å². The smallest absolute Gasteiger partial charge is 0.271 e. The van der Waals surface area contributed by atoms with Gasteiger partial charge in [0.25, 0.3) is 5.91 Å². The van der Waals surface area contributed by atoms with Crippen molar-refractivity contribution in [2.45, 2.75) is 44.4 Å². The van der Waals surface area contributed by atoms with Gasteiger partial charge in [-0.2, -0.15) is 0 Å². The molecule has 4 rings (SSSR count). The number of carbonyl (C=O) groups excluding carboxylic acids is 1. The van der Waals surface area contributed by atoms with Crippen molar-refractivity contribution in [1.82, 2.24) is 10.4 Å². The molecule has 2 aromatic rings. The highest BCUT2D eigenvalue weighted by Crippen LogP contribution is 2.35. The maximum Gasteiger partial charge on any atom is 0.271 e. The van der Waals surface area contributed by atoms with Gasteiger partial charge in [-0.05, 0) is 24.3 Å². The lowest BCUT2D eigenvalue weighted by atomic mass is 9.93. The molecule has 4 nitrogen and oxygen atoms in total. The summed E-state index contributed by atoms with van der Waals surface area (Å²) in [6, 6.07) is 11.8. The van der Waals surface area contributed by atoms with Crippen LogP contribution in [0.25, 0.3) is 10.8 Å². The van der Waals surface area contributed by atoms with Crippen LogP contribution in [0.1, 0.15) is 54.3 Å². The first-order valence-electron chi connectivity index (χ1n) is 8.05. The Morgan fingerprint density at radius 1 is 1.05 bits per heavy atom. The lowest BCUT2D eigenvalue weighted by Crippen LogP contribution is -2.52. The predicted octanol–water partition coefficient (Wildman–Crippen LogP) is 3.12. The molecule has 4 heteroatoms. The third kappa shape index (κ3) is 2.11. The fraction of sp³-hybridized carbons (Fsp3) is 0.389. The summed E-state index contributed by atoms with van der Waals surface area (Å²) in [5.41, 5.74) is 4.75. The van der Waals surface area contributed by atoms with Gasteiger partial charge in [-0.15, -0.1) is 0 Å². The summed E-state index contributed by atoms with van der Waals surface area (Å²) in [5, 5.41) is 14.0. The van der Waals surface area contributed by atoms with E-state index < -0.39 is 6.23 Å². The number of benzene rings is 2. The van der Waals surface area contributed by atoms with E-state index in [0.717, 1.165) is 29.2 Å². The van der Waals surface area contributed by atoms with E-state index in [0.29, 0.717) is 5.56 Å². The van der Waals surface area contributed by atoms with Crippen LogP contribution in [0.2, 0.25) is 0 Å². The van der Waals surface area contributed by atoms with Crippen LogP contribution in [0.15, 0.2) is 36.4 Å². The molecule has 2 aromatic carbocycles. The Kier molecular flexibility index (Phi) is 3.36. The number of aliphatic hydroxyl groups excluding tert-OH is 1. The Morgan fingerprint density at radius 2 is 1.77 bits per heavy atom. The number of rotatable bonds is 2. The molecule has 1 aliphatic heterocycles. The number of nitrogens with one attached hydrogen (secondary N) is 1. The van der Waals surface area contributed by atoms with E-state index in [2.05, 4.69) is 5.43 Å². The first-order valence-corrected chi connectivity index (χ1v) is 8.05. The number of aliphatic hydroxyl groups is 1. The molecular formula is C18H20N2O2. The number of hydrogen-bond acceptors (Lipinski definition) is 3. The van der Waals surface area contributed by atoms with Crippen molar-refractivity contribution in [3.05, 3.63) is 47.5 Å². The van der Waals surface area contributed by atoms with Crippen LogP contribution in [0.5, 0.6) is 0 Å². The second-order valence-electron chi connectivity index (χ2n) is 6.26. The summed E-state index contributed by atoms with van der Waals surface area (Å²) < 4.78 is 0. The van der Waals surface area contributed by atoms with Gasteiger partial charge in [-0.25, -0.2) is 10.4 Å². The largest absolute Gasteiger partial charge is 0.368 e. The number of carbonyl (C=O) groups is 1. The molecule has 2 N–H and O–H groups in total. The third-order valence-corrected chi connectivity index (χ3v) is 4.84. The van der Waals surface area contributed by atoms with Crippen molar-refractivity contribution in [3.8, 4) is 0 Å². The summed E-state index contributed by atoms with van der Waals surface area (Å²) in [4.78, 5) is 12.8. The summed E-state index contributed by atoms with van der Waals surface area (Å²) in [7, 11) is 0. The van der Waals surface area contributed by atoms with Gasteiger partial charge in [0.15, 0.2) is 6.23 Å². The zero-order valence-corrected chi connectivity index (χ0v) is 12.5. The van der Waals surface area contributed by atoms with Crippen molar-refractivity contribution in [1.29, 1.82) is 0 Å². The minimum Gasteiger partial charge on any atom is -0.368 e. The second-order valence-corrected chi connectivity index (χ2v) is 6.26. The summed E-state index contributed by atoms with van der Waals surface area (Å²) in [6.45, 7) is 0. The molecule has 1 heterocycles. The molecule has 0 aromatic heterocycles. The Bertz CT molecular complexity index is 717. The first kappa shape index (κ1) is 13.7. The van der Waals surface area contributed by atoms with Crippen molar-refractivity contribution >= 4 is 16.7 Å². The molecule has 1 atom stereocenters. The van der Waals surface area contributed by atoms with Crippen LogP contribution in [-0.4, -0.2) is 22.1 Å². The van der Waals surface area contributed by atoms with E-state index in [1.807, 2.05) is 36.4 Å². The minimum absolute atomic E-state index is 0.137. The molecular weight excluding hydrogens is 276 g/mol. The molecule has 0 radical (unpaired) electrons.